The first kappa shape index (κ1) is 19.0. The van der Waals surface area contributed by atoms with Crippen LogP contribution in [0.2, 0.25) is 0 Å². The van der Waals surface area contributed by atoms with Crippen LogP contribution in [-0.2, 0) is 6.54 Å². The van der Waals surface area contributed by atoms with Crippen LogP contribution in [0.3, 0.4) is 0 Å². The van der Waals surface area contributed by atoms with Crippen LogP contribution >= 0.6 is 11.3 Å². The molecule has 3 heterocycles. The minimum atomic E-state index is 0.339. The average Bonchev–Trinajstić information content (AvgIpc) is 3.47. The molecule has 1 saturated carbocycles. The fraction of sp³-hybridized carbons (Fsp3) is 0.750. The first-order valence-corrected chi connectivity index (χ1v) is 11.5. The maximum Gasteiger partial charge on any atom is 0.168 e. The first-order valence-electron chi connectivity index (χ1n) is 10.6. The van der Waals surface area contributed by atoms with Crippen LogP contribution in [0.25, 0.3) is 0 Å². The molecule has 2 aliphatic rings. The fourth-order valence-electron chi connectivity index (χ4n) is 4.67. The second-order valence-electron chi connectivity index (χ2n) is 7.94. The standard InChI is InChI=1S/C20H32N6S/c1-2-3-10-19(20-21-22-23-26(20)16-18-9-6-15-27-18)25-13-11-24(12-14-25)17-7-4-5-8-17/h6,9,15,17,19H,2-5,7-8,10-14,16H2,1H3/t19-/m1/s1. The van der Waals surface area contributed by atoms with Crippen LogP contribution in [0.1, 0.15) is 68.6 Å². The summed E-state index contributed by atoms with van der Waals surface area (Å²) in [5.74, 6) is 1.05. The Labute approximate surface area is 166 Å². The smallest absolute Gasteiger partial charge is 0.168 e. The number of thiophene rings is 1. The lowest BCUT2D eigenvalue weighted by Crippen LogP contribution is -2.50. The molecule has 0 unspecified atom stereocenters. The summed E-state index contributed by atoms with van der Waals surface area (Å²) in [5, 5.41) is 14.9. The summed E-state index contributed by atoms with van der Waals surface area (Å²) in [4.78, 5) is 6.68. The Morgan fingerprint density at radius 1 is 1.19 bits per heavy atom. The minimum absolute atomic E-state index is 0.339. The molecule has 6 nitrogen and oxygen atoms in total. The van der Waals surface area contributed by atoms with Gasteiger partial charge in [0.2, 0.25) is 0 Å². The second-order valence-corrected chi connectivity index (χ2v) is 8.97. The number of rotatable bonds is 8. The lowest BCUT2D eigenvalue weighted by atomic mass is 10.1. The second kappa shape index (κ2) is 9.26. The van der Waals surface area contributed by atoms with E-state index >= 15 is 0 Å². The lowest BCUT2D eigenvalue weighted by Gasteiger charge is -2.41. The molecule has 0 aromatic carbocycles. The Bertz CT molecular complexity index is 670. The number of hydrogen-bond donors (Lipinski definition) is 0. The molecule has 4 rings (SSSR count). The van der Waals surface area contributed by atoms with Crippen molar-refractivity contribution in [1.29, 1.82) is 0 Å². The normalized spacial score (nSPS) is 21.1. The highest BCUT2D eigenvalue weighted by Crippen LogP contribution is 2.29. The van der Waals surface area contributed by atoms with Crippen molar-refractivity contribution in [2.45, 2.75) is 70.5 Å². The van der Waals surface area contributed by atoms with Crippen LogP contribution in [0.4, 0.5) is 0 Å². The van der Waals surface area contributed by atoms with Gasteiger partial charge in [0.05, 0.1) is 12.6 Å². The van der Waals surface area contributed by atoms with Crippen molar-refractivity contribution >= 4 is 11.3 Å². The highest BCUT2D eigenvalue weighted by Gasteiger charge is 2.31. The van der Waals surface area contributed by atoms with E-state index in [0.29, 0.717) is 6.04 Å². The Balaban J connectivity index is 1.45. The average molecular weight is 389 g/mol. The Morgan fingerprint density at radius 2 is 2.00 bits per heavy atom. The third-order valence-corrected chi connectivity index (χ3v) is 7.07. The Morgan fingerprint density at radius 3 is 2.70 bits per heavy atom. The Hall–Kier alpha value is -1.31. The highest BCUT2D eigenvalue weighted by atomic mass is 32.1. The zero-order valence-electron chi connectivity index (χ0n) is 16.5. The van der Waals surface area contributed by atoms with Gasteiger partial charge in [-0.2, -0.15) is 0 Å². The molecule has 1 atom stereocenters. The van der Waals surface area contributed by atoms with Gasteiger partial charge in [0.1, 0.15) is 0 Å². The molecule has 2 aromatic rings. The van der Waals surface area contributed by atoms with E-state index in [0.717, 1.165) is 37.9 Å². The highest BCUT2D eigenvalue weighted by molar-refractivity contribution is 7.09. The van der Waals surface area contributed by atoms with Crippen LogP contribution in [0, 0.1) is 0 Å². The molecule has 0 N–H and O–H groups in total. The van der Waals surface area contributed by atoms with Gasteiger partial charge in [-0.1, -0.05) is 38.7 Å². The van der Waals surface area contributed by atoms with Crippen molar-refractivity contribution in [3.8, 4) is 0 Å². The monoisotopic (exact) mass is 388 g/mol. The van der Waals surface area contributed by atoms with Gasteiger partial charge in [-0.05, 0) is 41.1 Å². The topological polar surface area (TPSA) is 50.1 Å². The predicted molar refractivity (Wildman–Crippen MR) is 109 cm³/mol. The summed E-state index contributed by atoms with van der Waals surface area (Å²) in [7, 11) is 0. The van der Waals surface area contributed by atoms with Crippen molar-refractivity contribution in [2.24, 2.45) is 0 Å². The largest absolute Gasteiger partial charge is 0.298 e. The lowest BCUT2D eigenvalue weighted by molar-refractivity contribution is 0.0622. The number of tetrazole rings is 1. The third-order valence-electron chi connectivity index (χ3n) is 6.21. The van der Waals surface area contributed by atoms with Gasteiger partial charge < -0.3 is 0 Å². The van der Waals surface area contributed by atoms with Crippen LogP contribution in [0.5, 0.6) is 0 Å². The maximum atomic E-state index is 4.47. The summed E-state index contributed by atoms with van der Waals surface area (Å²) in [6, 6.07) is 5.44. The van der Waals surface area contributed by atoms with Crippen LogP contribution in [0.15, 0.2) is 17.5 Å². The molecular formula is C20H32N6S. The molecule has 0 bridgehead atoms. The van der Waals surface area contributed by atoms with Gasteiger partial charge in [0.15, 0.2) is 5.82 Å². The molecule has 148 valence electrons. The van der Waals surface area contributed by atoms with E-state index in [9.17, 15) is 0 Å². The van der Waals surface area contributed by atoms with Crippen LogP contribution < -0.4 is 0 Å². The molecule has 1 aliphatic carbocycles. The van der Waals surface area contributed by atoms with Gasteiger partial charge >= 0.3 is 0 Å². The maximum absolute atomic E-state index is 4.47. The summed E-state index contributed by atoms with van der Waals surface area (Å²) in [6.07, 6.45) is 9.22. The number of aromatic nitrogens is 4. The predicted octanol–water partition coefficient (Wildman–Crippen LogP) is 3.57. The van der Waals surface area contributed by atoms with Crippen molar-refractivity contribution in [2.75, 3.05) is 26.2 Å². The third kappa shape index (κ3) is 4.58. The van der Waals surface area contributed by atoms with E-state index in [2.05, 4.69) is 49.8 Å². The van der Waals surface area contributed by atoms with E-state index in [-0.39, 0.29) is 0 Å². The number of unbranched alkanes of at least 4 members (excludes halogenated alkanes) is 1. The van der Waals surface area contributed by atoms with E-state index < -0.39 is 0 Å². The molecule has 27 heavy (non-hydrogen) atoms. The first-order chi connectivity index (χ1) is 13.3. The van der Waals surface area contributed by atoms with Crippen molar-refractivity contribution in [3.05, 3.63) is 28.2 Å². The molecule has 7 heteroatoms. The van der Waals surface area contributed by atoms with Crippen molar-refractivity contribution in [1.82, 2.24) is 30.0 Å². The molecule has 0 spiro atoms. The molecular weight excluding hydrogens is 356 g/mol. The minimum Gasteiger partial charge on any atom is -0.298 e. The number of nitrogens with zero attached hydrogens (tertiary/aromatic N) is 6. The van der Waals surface area contributed by atoms with Gasteiger partial charge in [0, 0.05) is 37.1 Å². The van der Waals surface area contributed by atoms with E-state index in [1.165, 1.54) is 56.5 Å². The zero-order chi connectivity index (χ0) is 18.5. The van der Waals surface area contributed by atoms with E-state index in [1.807, 2.05) is 4.68 Å². The fourth-order valence-corrected chi connectivity index (χ4v) is 5.35. The van der Waals surface area contributed by atoms with E-state index in [4.69, 9.17) is 0 Å². The SMILES string of the molecule is CCCC[C@H](c1nnnn1Cc1cccs1)N1CCN(C2CCCC2)CC1. The summed E-state index contributed by atoms with van der Waals surface area (Å²) >= 11 is 1.77. The number of piperazine rings is 1. The molecule has 0 amide bonds. The van der Waals surface area contributed by atoms with E-state index in [1.54, 1.807) is 11.3 Å². The van der Waals surface area contributed by atoms with Gasteiger partial charge in [-0.3, -0.25) is 9.80 Å². The molecule has 2 aromatic heterocycles. The number of hydrogen-bond acceptors (Lipinski definition) is 6. The molecule has 0 radical (unpaired) electrons. The van der Waals surface area contributed by atoms with Gasteiger partial charge in [-0.15, -0.1) is 16.4 Å². The van der Waals surface area contributed by atoms with Crippen molar-refractivity contribution in [3.63, 3.8) is 0 Å². The summed E-state index contributed by atoms with van der Waals surface area (Å²) < 4.78 is 2.02. The molecule has 1 aliphatic heterocycles. The molecule has 1 saturated heterocycles. The molecule has 2 fully saturated rings. The summed E-state index contributed by atoms with van der Waals surface area (Å²) in [5.41, 5.74) is 0. The van der Waals surface area contributed by atoms with Gasteiger partial charge in [0.25, 0.3) is 0 Å². The summed E-state index contributed by atoms with van der Waals surface area (Å²) in [6.45, 7) is 7.71. The Kier molecular flexibility index (Phi) is 6.52. The zero-order valence-corrected chi connectivity index (χ0v) is 17.3. The quantitative estimate of drug-likeness (QED) is 0.692. The van der Waals surface area contributed by atoms with Crippen molar-refractivity contribution < 1.29 is 0 Å². The van der Waals surface area contributed by atoms with Crippen LogP contribution in [-0.4, -0.2) is 62.2 Å². The van der Waals surface area contributed by atoms with Gasteiger partial charge in [-0.25, -0.2) is 4.68 Å².